The lowest BCUT2D eigenvalue weighted by Gasteiger charge is -2.35. The number of fused-ring (bicyclic) bond motifs is 5. The number of carbonyl (C=O) groups is 1. The minimum absolute atomic E-state index is 0.0828. The Balaban J connectivity index is 1.50. The first kappa shape index (κ1) is 33.1. The van der Waals surface area contributed by atoms with Crippen LogP contribution in [0.4, 0.5) is 5.95 Å². The van der Waals surface area contributed by atoms with Gasteiger partial charge in [0.1, 0.15) is 12.1 Å². The van der Waals surface area contributed by atoms with Crippen LogP contribution in [0.5, 0.6) is 5.88 Å². The number of benzene rings is 2. The van der Waals surface area contributed by atoms with Gasteiger partial charge in [0.2, 0.25) is 11.8 Å². The molecule has 3 aromatic heterocycles. The Morgan fingerprint density at radius 3 is 2.44 bits per heavy atom. The van der Waals surface area contributed by atoms with Gasteiger partial charge in [-0.1, -0.05) is 52.0 Å². The van der Waals surface area contributed by atoms with Crippen LogP contribution in [0.15, 0.2) is 65.7 Å². The second kappa shape index (κ2) is 12.6. The molecule has 5 aromatic rings. The van der Waals surface area contributed by atoms with Crippen molar-refractivity contribution in [1.82, 2.24) is 29.4 Å². The van der Waals surface area contributed by atoms with E-state index in [1.54, 1.807) is 29.3 Å². The molecule has 250 valence electrons. The largest absolute Gasteiger partial charge is 0.475 e. The van der Waals surface area contributed by atoms with E-state index in [4.69, 9.17) is 9.72 Å². The number of aryl methyl sites for hydroxylation is 4. The molecule has 0 spiro atoms. The lowest BCUT2D eigenvalue weighted by atomic mass is 9.87. The summed E-state index contributed by atoms with van der Waals surface area (Å²) in [7, 11) is -2.21. The molecule has 48 heavy (non-hydrogen) atoms. The number of aromatic nitrogens is 5. The Morgan fingerprint density at radius 1 is 1.00 bits per heavy atom. The molecule has 2 aromatic carbocycles. The molecule has 1 aliphatic rings. The third-order valence-electron chi connectivity index (χ3n) is 8.61. The number of hydrogen-bond acceptors (Lipinski definition) is 8. The summed E-state index contributed by atoms with van der Waals surface area (Å²) in [5, 5.41) is 0. The molecule has 12 heteroatoms. The Hall–Kier alpha value is -4.84. The zero-order chi connectivity index (χ0) is 34.4. The van der Waals surface area contributed by atoms with E-state index in [1.807, 2.05) is 49.7 Å². The van der Waals surface area contributed by atoms with Crippen LogP contribution in [-0.4, -0.2) is 56.4 Å². The Morgan fingerprint density at radius 2 is 1.73 bits per heavy atom. The van der Waals surface area contributed by atoms with Crippen molar-refractivity contribution in [2.75, 3.05) is 11.3 Å². The fourth-order valence-corrected chi connectivity index (χ4v) is 7.29. The highest BCUT2D eigenvalue weighted by Gasteiger charge is 2.32. The summed E-state index contributed by atoms with van der Waals surface area (Å²) < 4.78 is 38.3. The fourth-order valence-electron chi connectivity index (χ4n) is 6.30. The molecular weight excluding hydrogens is 627 g/mol. The van der Waals surface area contributed by atoms with Crippen LogP contribution in [0.25, 0.3) is 22.4 Å². The molecule has 1 N–H and O–H groups in total. The predicted octanol–water partition coefficient (Wildman–Crippen LogP) is 6.24. The average molecular weight is 668 g/mol. The molecule has 0 radical (unpaired) electrons. The van der Waals surface area contributed by atoms with E-state index in [9.17, 15) is 13.2 Å². The number of carbonyl (C=O) groups excluding carboxylic acids is 1. The summed E-state index contributed by atoms with van der Waals surface area (Å²) in [4.78, 5) is 34.8. The van der Waals surface area contributed by atoms with Gasteiger partial charge in [-0.15, -0.1) is 0 Å². The van der Waals surface area contributed by atoms with Gasteiger partial charge in [-0.2, -0.15) is 4.98 Å². The smallest absolute Gasteiger partial charge is 0.264 e. The summed E-state index contributed by atoms with van der Waals surface area (Å²) in [6.07, 6.45) is 3.11. The first-order valence-electron chi connectivity index (χ1n) is 16.0. The molecule has 1 amide bonds. The van der Waals surface area contributed by atoms with Crippen LogP contribution in [0.1, 0.15) is 67.0 Å². The number of sulfonamides is 1. The van der Waals surface area contributed by atoms with E-state index in [1.165, 1.54) is 12.1 Å². The maximum Gasteiger partial charge on any atom is 0.264 e. The van der Waals surface area contributed by atoms with Gasteiger partial charge < -0.3 is 14.2 Å². The molecule has 1 aliphatic heterocycles. The van der Waals surface area contributed by atoms with Gasteiger partial charge in [-0.3, -0.25) is 9.78 Å². The van der Waals surface area contributed by atoms with Crippen molar-refractivity contribution in [3.05, 3.63) is 88.9 Å². The number of ether oxygens (including phenoxy) is 1. The highest BCUT2D eigenvalue weighted by Crippen LogP contribution is 2.32. The van der Waals surface area contributed by atoms with Crippen LogP contribution in [0, 0.1) is 19.3 Å². The first-order valence-corrected chi connectivity index (χ1v) is 17.5. The first-order chi connectivity index (χ1) is 22.7. The molecule has 0 saturated carbocycles. The quantitative estimate of drug-likeness (QED) is 0.233. The molecule has 0 unspecified atom stereocenters. The molecule has 6 rings (SSSR count). The monoisotopic (exact) mass is 667 g/mol. The Labute approximate surface area is 281 Å². The fraction of sp³-hybridized carbons (Fsp3) is 0.361. The molecular formula is C36H41N7O4S. The second-order valence-corrected chi connectivity index (χ2v) is 15.3. The maximum atomic E-state index is 14.5. The van der Waals surface area contributed by atoms with Gasteiger partial charge in [0.15, 0.2) is 5.65 Å². The third kappa shape index (κ3) is 6.75. The van der Waals surface area contributed by atoms with Crippen molar-refractivity contribution in [3.63, 3.8) is 0 Å². The number of amides is 1. The standard InChI is InChI=1S/C36H41N7O4S/c1-8-26-16-30-33(42(26)7)38-25(19-37-30)20-43-27(18-36(4,5)6)21-47-31-17-29(32-22(2)11-9-12-23(32)3)39-35(40-31)41-48(45,46)28-14-10-13-24(15-28)34(43)44/h9-17,19,27H,8,18,20-21H2,1-7H3,(H,39,40,41)/t27-/m1/s1. The van der Waals surface area contributed by atoms with E-state index in [-0.39, 0.29) is 46.8 Å². The number of nitrogens with one attached hydrogen (secondary N) is 1. The molecule has 1 atom stereocenters. The van der Waals surface area contributed by atoms with E-state index in [0.29, 0.717) is 17.8 Å². The zero-order valence-corrected chi connectivity index (χ0v) is 29.2. The number of nitrogens with zero attached hydrogens (tertiary/aromatic N) is 6. The topological polar surface area (TPSA) is 132 Å². The van der Waals surface area contributed by atoms with Crippen molar-refractivity contribution in [2.24, 2.45) is 12.5 Å². The van der Waals surface area contributed by atoms with Crippen molar-refractivity contribution >= 4 is 33.0 Å². The minimum Gasteiger partial charge on any atom is -0.475 e. The average Bonchev–Trinajstić information content (AvgIpc) is 3.35. The number of rotatable bonds is 5. The van der Waals surface area contributed by atoms with E-state index in [2.05, 4.69) is 47.4 Å². The highest BCUT2D eigenvalue weighted by molar-refractivity contribution is 7.92. The normalized spacial score (nSPS) is 16.4. The van der Waals surface area contributed by atoms with E-state index >= 15 is 0 Å². The van der Waals surface area contributed by atoms with Crippen molar-refractivity contribution in [3.8, 4) is 17.1 Å². The molecule has 11 nitrogen and oxygen atoms in total. The highest BCUT2D eigenvalue weighted by atomic mass is 32.2. The molecule has 0 fully saturated rings. The molecule has 4 heterocycles. The van der Waals surface area contributed by atoms with Gasteiger partial charge >= 0.3 is 0 Å². The van der Waals surface area contributed by atoms with Crippen molar-refractivity contribution in [1.29, 1.82) is 0 Å². The van der Waals surface area contributed by atoms with Crippen LogP contribution < -0.4 is 9.46 Å². The Kier molecular flexibility index (Phi) is 8.71. The summed E-state index contributed by atoms with van der Waals surface area (Å²) in [5.74, 6) is -0.279. The van der Waals surface area contributed by atoms with E-state index in [0.717, 1.165) is 40.0 Å². The van der Waals surface area contributed by atoms with Crippen LogP contribution >= 0.6 is 0 Å². The van der Waals surface area contributed by atoms with Crippen LogP contribution in [-0.2, 0) is 30.0 Å². The molecule has 4 bridgehead atoms. The summed E-state index contributed by atoms with van der Waals surface area (Å²) in [6, 6.07) is 15.2. The van der Waals surface area contributed by atoms with Gasteiger partial charge in [-0.25, -0.2) is 23.1 Å². The molecule has 0 aliphatic carbocycles. The summed E-state index contributed by atoms with van der Waals surface area (Å²) >= 11 is 0. The molecule has 0 saturated heterocycles. The van der Waals surface area contributed by atoms with Gasteiger partial charge in [0.05, 0.1) is 35.1 Å². The summed E-state index contributed by atoms with van der Waals surface area (Å²) in [5.41, 5.74) is 6.60. The van der Waals surface area contributed by atoms with Gasteiger partial charge in [0.25, 0.3) is 15.9 Å². The predicted molar refractivity (Wildman–Crippen MR) is 185 cm³/mol. The van der Waals surface area contributed by atoms with E-state index < -0.39 is 16.1 Å². The lowest BCUT2D eigenvalue weighted by Crippen LogP contribution is -2.45. The SMILES string of the molecule is CCc1cc2ncc(CN3C(=O)c4cccc(c4)S(=O)(=O)Nc4nc(cc(-c5c(C)cccc5C)n4)OC[C@H]3CC(C)(C)C)nc2n1C. The maximum absolute atomic E-state index is 14.5. The van der Waals surface area contributed by atoms with Crippen LogP contribution in [0.2, 0.25) is 0 Å². The Bertz CT molecular complexity index is 2120. The van der Waals surface area contributed by atoms with Crippen molar-refractivity contribution < 1.29 is 17.9 Å². The van der Waals surface area contributed by atoms with Gasteiger partial charge in [-0.05, 0) is 67.5 Å². The number of anilines is 1. The second-order valence-electron chi connectivity index (χ2n) is 13.6. The number of hydrogen-bond donors (Lipinski definition) is 1. The lowest BCUT2D eigenvalue weighted by molar-refractivity contribution is 0.0509. The summed E-state index contributed by atoms with van der Waals surface area (Å²) in [6.45, 7) is 12.6. The minimum atomic E-state index is -4.18. The van der Waals surface area contributed by atoms with Crippen molar-refractivity contribution in [2.45, 2.75) is 71.9 Å². The van der Waals surface area contributed by atoms with Gasteiger partial charge in [0, 0.05) is 29.9 Å². The zero-order valence-electron chi connectivity index (χ0n) is 28.4. The third-order valence-corrected chi connectivity index (χ3v) is 9.93. The van der Waals surface area contributed by atoms with Crippen LogP contribution in [0.3, 0.4) is 0 Å².